The number of alkyl halides is 3. The molecule has 0 bridgehead atoms. The molecular formula is C17H15ClF3NO3. The number of halogens is 4. The Morgan fingerprint density at radius 1 is 1.24 bits per heavy atom. The van der Waals surface area contributed by atoms with E-state index in [1.807, 2.05) is 0 Å². The monoisotopic (exact) mass is 373 g/mol. The lowest BCUT2D eigenvalue weighted by atomic mass is 10.2. The summed E-state index contributed by atoms with van der Waals surface area (Å²) in [7, 11) is 0. The Morgan fingerprint density at radius 2 is 2.04 bits per heavy atom. The zero-order chi connectivity index (χ0) is 17.9. The van der Waals surface area contributed by atoms with E-state index < -0.39 is 11.7 Å². The molecule has 0 saturated carbocycles. The van der Waals surface area contributed by atoms with Gasteiger partial charge in [-0.25, -0.2) is 4.98 Å². The molecule has 8 heteroatoms. The van der Waals surface area contributed by atoms with Gasteiger partial charge >= 0.3 is 6.18 Å². The third-order valence-corrected chi connectivity index (χ3v) is 3.89. The standard InChI is InChI=1S/C17H15ClF3NO3/c18-15-7-11(17(19,20)21)9-22-16(15)25-13-4-1-3-12(8-13)24-10-14-5-2-6-23-14/h1,3-4,7-9,14H,2,5-6,10H2. The van der Waals surface area contributed by atoms with E-state index in [-0.39, 0.29) is 17.0 Å². The Hall–Kier alpha value is -1.99. The van der Waals surface area contributed by atoms with Gasteiger partial charge in [-0.15, -0.1) is 0 Å². The van der Waals surface area contributed by atoms with Gasteiger partial charge in [-0.3, -0.25) is 0 Å². The summed E-state index contributed by atoms with van der Waals surface area (Å²) in [5.74, 6) is 0.820. The molecule has 1 aliphatic heterocycles. The van der Waals surface area contributed by atoms with Crippen LogP contribution in [0.25, 0.3) is 0 Å². The first-order valence-corrected chi connectivity index (χ1v) is 8.05. The van der Waals surface area contributed by atoms with E-state index in [4.69, 9.17) is 25.8 Å². The summed E-state index contributed by atoms with van der Waals surface area (Å²) in [4.78, 5) is 3.64. The van der Waals surface area contributed by atoms with Crippen LogP contribution in [-0.4, -0.2) is 24.3 Å². The van der Waals surface area contributed by atoms with Gasteiger partial charge in [0.25, 0.3) is 0 Å². The number of ether oxygens (including phenoxy) is 3. The van der Waals surface area contributed by atoms with E-state index in [1.54, 1.807) is 24.3 Å². The summed E-state index contributed by atoms with van der Waals surface area (Å²) < 4.78 is 54.5. The molecule has 2 aromatic rings. The Balaban J connectivity index is 1.67. The van der Waals surface area contributed by atoms with Crippen molar-refractivity contribution in [2.45, 2.75) is 25.1 Å². The van der Waals surface area contributed by atoms with Gasteiger partial charge in [0.2, 0.25) is 5.88 Å². The third-order valence-electron chi connectivity index (χ3n) is 3.61. The third kappa shape index (κ3) is 4.76. The van der Waals surface area contributed by atoms with Crippen molar-refractivity contribution in [1.29, 1.82) is 0 Å². The van der Waals surface area contributed by atoms with Crippen LogP contribution in [0.3, 0.4) is 0 Å². The molecular weight excluding hydrogens is 359 g/mol. The van der Waals surface area contributed by atoms with Crippen LogP contribution in [0.1, 0.15) is 18.4 Å². The molecule has 0 amide bonds. The molecule has 1 fully saturated rings. The summed E-state index contributed by atoms with van der Waals surface area (Å²) in [6.07, 6.45) is -1.77. The predicted octanol–water partition coefficient (Wildman–Crippen LogP) is 5.10. The van der Waals surface area contributed by atoms with Gasteiger partial charge in [0.15, 0.2) is 0 Å². The van der Waals surface area contributed by atoms with Gasteiger partial charge in [-0.05, 0) is 31.0 Å². The molecule has 1 aromatic carbocycles. The number of benzene rings is 1. The maximum atomic E-state index is 12.6. The smallest absolute Gasteiger partial charge is 0.417 e. The lowest BCUT2D eigenvalue weighted by Gasteiger charge is -2.13. The molecule has 0 aliphatic carbocycles. The lowest BCUT2D eigenvalue weighted by molar-refractivity contribution is -0.137. The summed E-state index contributed by atoms with van der Waals surface area (Å²) in [6.45, 7) is 1.18. The van der Waals surface area contributed by atoms with Crippen molar-refractivity contribution in [1.82, 2.24) is 4.98 Å². The molecule has 25 heavy (non-hydrogen) atoms. The van der Waals surface area contributed by atoms with Crippen molar-refractivity contribution in [2.24, 2.45) is 0 Å². The number of rotatable bonds is 5. The van der Waals surface area contributed by atoms with Crippen LogP contribution in [-0.2, 0) is 10.9 Å². The van der Waals surface area contributed by atoms with Gasteiger partial charge in [-0.2, -0.15) is 13.2 Å². The fourth-order valence-corrected chi connectivity index (χ4v) is 2.56. The molecule has 3 rings (SSSR count). The molecule has 134 valence electrons. The number of hydrogen-bond donors (Lipinski definition) is 0. The Morgan fingerprint density at radius 3 is 2.72 bits per heavy atom. The minimum absolute atomic E-state index is 0.0793. The first kappa shape index (κ1) is 17.8. The Bertz CT molecular complexity index is 733. The Labute approximate surface area is 147 Å². The van der Waals surface area contributed by atoms with E-state index in [2.05, 4.69) is 4.98 Å². The van der Waals surface area contributed by atoms with Crippen LogP contribution in [0.15, 0.2) is 36.5 Å². The number of nitrogens with zero attached hydrogens (tertiary/aromatic N) is 1. The number of hydrogen-bond acceptors (Lipinski definition) is 4. The molecule has 0 radical (unpaired) electrons. The van der Waals surface area contributed by atoms with Crippen molar-refractivity contribution < 1.29 is 27.4 Å². The van der Waals surface area contributed by atoms with Crippen LogP contribution in [0.2, 0.25) is 5.02 Å². The van der Waals surface area contributed by atoms with Crippen LogP contribution < -0.4 is 9.47 Å². The van der Waals surface area contributed by atoms with Crippen molar-refractivity contribution in [3.05, 3.63) is 47.1 Å². The molecule has 1 unspecified atom stereocenters. The van der Waals surface area contributed by atoms with Crippen LogP contribution in [0.5, 0.6) is 17.4 Å². The maximum Gasteiger partial charge on any atom is 0.417 e. The SMILES string of the molecule is FC(F)(F)c1cnc(Oc2cccc(OCC3CCCO3)c2)c(Cl)c1. The van der Waals surface area contributed by atoms with Crippen molar-refractivity contribution >= 4 is 11.6 Å². The minimum Gasteiger partial charge on any atom is -0.491 e. The summed E-state index contributed by atoms with van der Waals surface area (Å²) in [5, 5.41) is -0.222. The van der Waals surface area contributed by atoms with Gasteiger partial charge in [0.1, 0.15) is 23.1 Å². The van der Waals surface area contributed by atoms with E-state index in [9.17, 15) is 13.2 Å². The molecule has 2 heterocycles. The highest BCUT2D eigenvalue weighted by Crippen LogP contribution is 2.35. The molecule has 0 spiro atoms. The number of pyridine rings is 1. The number of aromatic nitrogens is 1. The van der Waals surface area contributed by atoms with Crippen molar-refractivity contribution in [3.63, 3.8) is 0 Å². The molecule has 1 aromatic heterocycles. The lowest BCUT2D eigenvalue weighted by Crippen LogP contribution is -2.16. The molecule has 1 aliphatic rings. The topological polar surface area (TPSA) is 40.6 Å². The second kappa shape index (κ2) is 7.49. The second-order valence-corrected chi connectivity index (χ2v) is 5.94. The summed E-state index contributed by atoms with van der Waals surface area (Å²) >= 11 is 5.84. The average Bonchev–Trinajstić information content (AvgIpc) is 3.08. The molecule has 1 saturated heterocycles. The second-order valence-electron chi connectivity index (χ2n) is 5.53. The molecule has 4 nitrogen and oxygen atoms in total. The van der Waals surface area contributed by atoms with E-state index in [1.165, 1.54) is 0 Å². The first-order chi connectivity index (χ1) is 11.9. The maximum absolute atomic E-state index is 12.6. The van der Waals surface area contributed by atoms with Gasteiger partial charge in [-0.1, -0.05) is 17.7 Å². The average molecular weight is 374 g/mol. The van der Waals surface area contributed by atoms with E-state index >= 15 is 0 Å². The van der Waals surface area contributed by atoms with Crippen LogP contribution in [0, 0.1) is 0 Å². The van der Waals surface area contributed by atoms with Gasteiger partial charge < -0.3 is 14.2 Å². The van der Waals surface area contributed by atoms with Crippen molar-refractivity contribution in [3.8, 4) is 17.4 Å². The summed E-state index contributed by atoms with van der Waals surface area (Å²) in [6, 6.07) is 7.49. The summed E-state index contributed by atoms with van der Waals surface area (Å²) in [5.41, 5.74) is -0.932. The highest BCUT2D eigenvalue weighted by molar-refractivity contribution is 6.31. The van der Waals surface area contributed by atoms with Crippen LogP contribution in [0.4, 0.5) is 13.2 Å². The zero-order valence-corrected chi connectivity index (χ0v) is 13.8. The first-order valence-electron chi connectivity index (χ1n) is 7.67. The highest BCUT2D eigenvalue weighted by atomic mass is 35.5. The fraction of sp³-hybridized carbons (Fsp3) is 0.353. The molecule has 0 N–H and O–H groups in total. The Kier molecular flexibility index (Phi) is 5.34. The van der Waals surface area contributed by atoms with E-state index in [0.717, 1.165) is 25.5 Å². The van der Waals surface area contributed by atoms with Gasteiger partial charge in [0, 0.05) is 18.9 Å². The van der Waals surface area contributed by atoms with Crippen LogP contribution >= 0.6 is 11.6 Å². The largest absolute Gasteiger partial charge is 0.491 e. The zero-order valence-electron chi connectivity index (χ0n) is 13.1. The minimum atomic E-state index is -4.51. The van der Waals surface area contributed by atoms with Crippen molar-refractivity contribution in [2.75, 3.05) is 13.2 Å². The van der Waals surface area contributed by atoms with Gasteiger partial charge in [0.05, 0.1) is 11.7 Å². The quantitative estimate of drug-likeness (QED) is 0.730. The fourth-order valence-electron chi connectivity index (χ4n) is 2.36. The highest BCUT2D eigenvalue weighted by Gasteiger charge is 2.31. The predicted molar refractivity (Wildman–Crippen MR) is 85.2 cm³/mol. The molecule has 1 atom stereocenters. The van der Waals surface area contributed by atoms with E-state index in [0.29, 0.717) is 24.3 Å². The normalized spacial score (nSPS) is 17.5.